The number of hydrogen-bond acceptors (Lipinski definition) is 3. The predicted molar refractivity (Wildman–Crippen MR) is 87.4 cm³/mol. The second-order valence-electron chi connectivity index (χ2n) is 7.97. The van der Waals surface area contributed by atoms with E-state index in [2.05, 4.69) is 6.92 Å². The molecule has 5 rings (SSSR count). The lowest BCUT2D eigenvalue weighted by molar-refractivity contribution is -0.128. The van der Waals surface area contributed by atoms with Gasteiger partial charge in [-0.2, -0.15) is 0 Å². The number of ether oxygens (including phenoxy) is 1. The lowest BCUT2D eigenvalue weighted by Gasteiger charge is -2.43. The van der Waals surface area contributed by atoms with Gasteiger partial charge in [-0.1, -0.05) is 12.5 Å². The van der Waals surface area contributed by atoms with Gasteiger partial charge in [-0.25, -0.2) is 0 Å². The summed E-state index contributed by atoms with van der Waals surface area (Å²) in [7, 11) is 1.60. The second kappa shape index (κ2) is 4.00. The van der Waals surface area contributed by atoms with Gasteiger partial charge < -0.3 is 9.84 Å². The maximum atomic E-state index is 12.6. The van der Waals surface area contributed by atoms with Gasteiger partial charge in [0, 0.05) is 17.3 Å². The number of carbonyl (C=O) groups is 1. The fourth-order valence-electron chi connectivity index (χ4n) is 6.00. The molecule has 3 heteroatoms. The quantitative estimate of drug-likeness (QED) is 0.856. The maximum absolute atomic E-state index is 12.6. The zero-order valence-corrected chi connectivity index (χ0v) is 13.7. The van der Waals surface area contributed by atoms with Crippen LogP contribution in [0.2, 0.25) is 0 Å². The number of Topliss-reactive ketones (excluding diaryl/α,β-unsaturated/α-hetero) is 1. The fourth-order valence-corrected chi connectivity index (χ4v) is 6.00. The van der Waals surface area contributed by atoms with Crippen LogP contribution in [0.1, 0.15) is 50.2 Å². The molecule has 3 nitrogen and oxygen atoms in total. The zero-order valence-electron chi connectivity index (χ0n) is 13.7. The average Bonchev–Trinajstić information content (AvgIpc) is 3.19. The molecule has 1 aromatic carbocycles. The number of aromatic hydroxyl groups is 1. The van der Waals surface area contributed by atoms with Crippen LogP contribution in [0.15, 0.2) is 17.7 Å². The van der Waals surface area contributed by atoms with Crippen molar-refractivity contribution in [3.05, 3.63) is 28.8 Å². The molecule has 2 saturated carbocycles. The van der Waals surface area contributed by atoms with Crippen LogP contribution in [0.4, 0.5) is 0 Å². The molecule has 0 radical (unpaired) electrons. The van der Waals surface area contributed by atoms with Crippen molar-refractivity contribution >= 4 is 11.4 Å². The van der Waals surface area contributed by atoms with E-state index in [1.807, 2.05) is 12.1 Å². The Morgan fingerprint density at radius 3 is 2.87 bits per heavy atom. The van der Waals surface area contributed by atoms with Crippen LogP contribution in [0.25, 0.3) is 5.57 Å². The molecule has 120 valence electrons. The molecule has 2 fully saturated rings. The number of ketones is 1. The molecule has 1 spiro atoms. The summed E-state index contributed by atoms with van der Waals surface area (Å²) in [6.45, 7) is 2.22. The van der Waals surface area contributed by atoms with Crippen molar-refractivity contribution in [3.63, 3.8) is 0 Å². The van der Waals surface area contributed by atoms with E-state index in [4.69, 9.17) is 4.74 Å². The minimum Gasteiger partial charge on any atom is -0.504 e. The van der Waals surface area contributed by atoms with Gasteiger partial charge >= 0.3 is 0 Å². The third-order valence-electron chi connectivity index (χ3n) is 7.29. The summed E-state index contributed by atoms with van der Waals surface area (Å²) in [5, 5.41) is 10.1. The van der Waals surface area contributed by atoms with Gasteiger partial charge in [0.25, 0.3) is 0 Å². The van der Waals surface area contributed by atoms with Crippen LogP contribution >= 0.6 is 0 Å². The van der Waals surface area contributed by atoms with E-state index in [0.29, 0.717) is 17.5 Å². The van der Waals surface area contributed by atoms with E-state index in [1.54, 1.807) is 12.7 Å². The van der Waals surface area contributed by atoms with Gasteiger partial charge in [0.2, 0.25) is 0 Å². The Kier molecular flexibility index (Phi) is 2.38. The van der Waals surface area contributed by atoms with Crippen molar-refractivity contribution in [2.75, 3.05) is 7.11 Å². The van der Waals surface area contributed by atoms with E-state index in [0.717, 1.165) is 32.1 Å². The molecule has 3 atom stereocenters. The topological polar surface area (TPSA) is 46.5 Å². The Balaban J connectivity index is 1.71. The molecule has 0 saturated heterocycles. The van der Waals surface area contributed by atoms with Crippen LogP contribution in [0, 0.1) is 16.7 Å². The number of allylic oxidation sites excluding steroid dienone is 2. The van der Waals surface area contributed by atoms with Gasteiger partial charge in [0.05, 0.1) is 7.11 Å². The van der Waals surface area contributed by atoms with E-state index in [9.17, 15) is 9.90 Å². The largest absolute Gasteiger partial charge is 0.504 e. The first kappa shape index (κ1) is 13.6. The summed E-state index contributed by atoms with van der Waals surface area (Å²) in [5.74, 6) is 1.87. The van der Waals surface area contributed by atoms with E-state index < -0.39 is 0 Å². The summed E-state index contributed by atoms with van der Waals surface area (Å²) < 4.78 is 5.32. The minimum absolute atomic E-state index is 0.116. The molecular weight excluding hydrogens is 288 g/mol. The summed E-state index contributed by atoms with van der Waals surface area (Å²) >= 11 is 0. The van der Waals surface area contributed by atoms with Gasteiger partial charge in [-0.3, -0.25) is 4.79 Å². The third-order valence-corrected chi connectivity index (χ3v) is 7.29. The number of rotatable bonds is 1. The van der Waals surface area contributed by atoms with Crippen molar-refractivity contribution in [2.24, 2.45) is 16.7 Å². The number of hydrogen-bond donors (Lipinski definition) is 1. The van der Waals surface area contributed by atoms with Crippen molar-refractivity contribution in [1.82, 2.24) is 0 Å². The highest BCUT2D eigenvalue weighted by Crippen LogP contribution is 2.79. The van der Waals surface area contributed by atoms with Gasteiger partial charge in [0.1, 0.15) is 5.78 Å². The summed E-state index contributed by atoms with van der Waals surface area (Å²) in [4.78, 5) is 12.6. The molecule has 23 heavy (non-hydrogen) atoms. The maximum Gasteiger partial charge on any atom is 0.161 e. The molecule has 4 aliphatic carbocycles. The molecule has 1 aromatic rings. The first-order valence-corrected chi connectivity index (χ1v) is 8.67. The van der Waals surface area contributed by atoms with Crippen LogP contribution < -0.4 is 4.74 Å². The molecule has 0 bridgehead atoms. The second-order valence-corrected chi connectivity index (χ2v) is 7.97. The Bertz CT molecular complexity index is 790. The lowest BCUT2D eigenvalue weighted by atomic mass is 9.59. The first-order chi connectivity index (χ1) is 11.0. The Morgan fingerprint density at radius 2 is 2.09 bits per heavy atom. The number of benzene rings is 1. The predicted octanol–water partition coefficient (Wildman–Crippen LogP) is 3.88. The first-order valence-electron chi connectivity index (χ1n) is 8.67. The summed E-state index contributed by atoms with van der Waals surface area (Å²) in [6.07, 6.45) is 5.96. The van der Waals surface area contributed by atoms with E-state index in [-0.39, 0.29) is 16.6 Å². The zero-order chi connectivity index (χ0) is 16.0. The Hall–Kier alpha value is -1.77. The Labute approximate surface area is 136 Å². The SMILES string of the molecule is COc1cc2c(cc1O)CCC1=C2CC[C@]2(C)C(=O)CC3CC132. The van der Waals surface area contributed by atoms with Crippen molar-refractivity contribution in [2.45, 2.75) is 45.4 Å². The number of carbonyl (C=O) groups excluding carboxylic acids is 1. The molecule has 0 aromatic heterocycles. The van der Waals surface area contributed by atoms with Gasteiger partial charge in [0.15, 0.2) is 11.5 Å². The molecule has 0 aliphatic heterocycles. The van der Waals surface area contributed by atoms with Crippen LogP contribution in [0.5, 0.6) is 11.5 Å². The average molecular weight is 310 g/mol. The minimum atomic E-state index is -0.116. The summed E-state index contributed by atoms with van der Waals surface area (Å²) in [6, 6.07) is 3.88. The molecule has 1 N–H and O–H groups in total. The van der Waals surface area contributed by atoms with E-state index in [1.165, 1.54) is 23.1 Å². The van der Waals surface area contributed by atoms with Crippen molar-refractivity contribution < 1.29 is 14.6 Å². The third kappa shape index (κ3) is 1.40. The molecule has 2 unspecified atom stereocenters. The van der Waals surface area contributed by atoms with Crippen LogP contribution in [-0.2, 0) is 11.2 Å². The van der Waals surface area contributed by atoms with E-state index >= 15 is 0 Å². The highest BCUT2D eigenvalue weighted by atomic mass is 16.5. The van der Waals surface area contributed by atoms with Crippen LogP contribution in [-0.4, -0.2) is 18.0 Å². The monoisotopic (exact) mass is 310 g/mol. The van der Waals surface area contributed by atoms with Crippen molar-refractivity contribution in [3.8, 4) is 11.5 Å². The lowest BCUT2D eigenvalue weighted by Crippen LogP contribution is -2.38. The highest BCUT2D eigenvalue weighted by Gasteiger charge is 2.74. The molecule has 0 amide bonds. The highest BCUT2D eigenvalue weighted by molar-refractivity contribution is 5.94. The normalized spacial score (nSPS) is 37.0. The number of fused-ring (bicyclic) bond motifs is 2. The standard InChI is InChI=1S/C20H22O3/c1-19-6-5-13-14-9-17(23-2)16(21)7-11(14)3-4-15(13)20(19)10-12(20)8-18(19)22/h7,9,12,21H,3-6,8,10H2,1-2H3/t12?,19-,20?/m1/s1. The van der Waals surface area contributed by atoms with Crippen molar-refractivity contribution in [1.29, 1.82) is 0 Å². The fraction of sp³-hybridized carbons (Fsp3) is 0.550. The molecule has 4 aliphatic rings. The number of phenols is 1. The van der Waals surface area contributed by atoms with Crippen LogP contribution in [0.3, 0.4) is 0 Å². The number of aryl methyl sites for hydroxylation is 1. The molecular formula is C20H22O3. The number of methoxy groups -OCH3 is 1. The van der Waals surface area contributed by atoms with Gasteiger partial charge in [-0.05, 0) is 66.9 Å². The smallest absolute Gasteiger partial charge is 0.161 e. The Morgan fingerprint density at radius 1 is 1.26 bits per heavy atom. The number of phenolic OH excluding ortho intramolecular Hbond substituents is 1. The molecule has 0 heterocycles. The van der Waals surface area contributed by atoms with Gasteiger partial charge in [-0.15, -0.1) is 0 Å². The summed E-state index contributed by atoms with van der Waals surface area (Å²) in [5.41, 5.74) is 5.53.